The highest BCUT2D eigenvalue weighted by Crippen LogP contribution is 2.23. The predicted octanol–water partition coefficient (Wildman–Crippen LogP) is 2.57. The van der Waals surface area contributed by atoms with Crippen LogP contribution in [0.4, 0.5) is 23.7 Å². The smallest absolute Gasteiger partial charge is 0.480 e. The summed E-state index contributed by atoms with van der Waals surface area (Å²) in [5.41, 5.74) is 0.197. The van der Waals surface area contributed by atoms with Gasteiger partial charge in [-0.15, -0.1) is 13.2 Å². The van der Waals surface area contributed by atoms with Gasteiger partial charge in [0.2, 0.25) is 0 Å². The van der Waals surface area contributed by atoms with Crippen LogP contribution in [0.1, 0.15) is 13.3 Å². The molecule has 0 aliphatic heterocycles. The maximum absolute atomic E-state index is 12.0. The van der Waals surface area contributed by atoms with Gasteiger partial charge in [0.25, 0.3) is 0 Å². The van der Waals surface area contributed by atoms with Gasteiger partial charge in [0.15, 0.2) is 0 Å². The molecular weight excluding hydrogens is 293 g/mol. The minimum Gasteiger partial charge on any atom is -0.480 e. The van der Waals surface area contributed by atoms with Crippen LogP contribution in [-0.4, -0.2) is 29.5 Å². The highest BCUT2D eigenvalue weighted by molar-refractivity contribution is 5.92. The van der Waals surface area contributed by atoms with Crippen LogP contribution < -0.4 is 15.4 Å². The van der Waals surface area contributed by atoms with Crippen molar-refractivity contribution in [3.05, 3.63) is 24.3 Å². The van der Waals surface area contributed by atoms with E-state index in [0.717, 1.165) is 12.1 Å². The van der Waals surface area contributed by atoms with Gasteiger partial charge in [-0.1, -0.05) is 6.92 Å². The molecule has 0 bridgehead atoms. The van der Waals surface area contributed by atoms with Crippen LogP contribution >= 0.6 is 0 Å². The van der Waals surface area contributed by atoms with Crippen LogP contribution in [-0.2, 0) is 4.79 Å². The minimum absolute atomic E-state index is 0.196. The van der Waals surface area contributed by atoms with E-state index < -0.39 is 30.2 Å². The van der Waals surface area contributed by atoms with Crippen molar-refractivity contribution in [2.24, 2.45) is 0 Å². The molecule has 116 valence electrons. The van der Waals surface area contributed by atoms with Gasteiger partial charge in [0, 0.05) is 5.69 Å². The first kappa shape index (κ1) is 16.6. The average Bonchev–Trinajstić information content (AvgIpc) is 2.36. The summed E-state index contributed by atoms with van der Waals surface area (Å²) >= 11 is 0. The molecule has 1 aromatic rings. The molecule has 1 atom stereocenters. The molecule has 0 aromatic heterocycles. The van der Waals surface area contributed by atoms with Gasteiger partial charge in [-0.05, 0) is 30.7 Å². The van der Waals surface area contributed by atoms with Gasteiger partial charge >= 0.3 is 18.4 Å². The highest BCUT2D eigenvalue weighted by atomic mass is 19.4. The van der Waals surface area contributed by atoms with Gasteiger partial charge in [0.05, 0.1) is 0 Å². The van der Waals surface area contributed by atoms with E-state index in [4.69, 9.17) is 5.11 Å². The number of halogens is 3. The molecule has 3 N–H and O–H groups in total. The molecule has 0 fully saturated rings. The van der Waals surface area contributed by atoms with E-state index in [2.05, 4.69) is 15.4 Å². The molecule has 0 saturated carbocycles. The SMILES string of the molecule is CCC(NC(=O)Nc1ccc(OC(F)(F)F)cc1)C(=O)O. The number of ether oxygens (including phenoxy) is 1. The maximum Gasteiger partial charge on any atom is 0.573 e. The number of carboxylic acid groups (broad SMARTS) is 1. The van der Waals surface area contributed by atoms with E-state index in [9.17, 15) is 22.8 Å². The number of urea groups is 1. The third-order valence-electron chi connectivity index (χ3n) is 2.36. The van der Waals surface area contributed by atoms with Crippen molar-refractivity contribution < 1.29 is 32.6 Å². The fourth-order valence-corrected chi connectivity index (χ4v) is 1.40. The van der Waals surface area contributed by atoms with Gasteiger partial charge in [-0.3, -0.25) is 0 Å². The standard InChI is InChI=1S/C12H13F3N2O4/c1-2-9(10(18)19)17-11(20)16-7-3-5-8(6-4-7)21-12(13,14)15/h3-6,9H,2H2,1H3,(H,18,19)(H2,16,17,20). The van der Waals surface area contributed by atoms with Crippen LogP contribution in [0.15, 0.2) is 24.3 Å². The van der Waals surface area contributed by atoms with E-state index in [-0.39, 0.29) is 12.1 Å². The van der Waals surface area contributed by atoms with Crippen molar-refractivity contribution in [3.63, 3.8) is 0 Å². The number of hydrogen-bond acceptors (Lipinski definition) is 3. The summed E-state index contributed by atoms with van der Waals surface area (Å²) in [6.07, 6.45) is -4.59. The zero-order chi connectivity index (χ0) is 16.0. The Labute approximate surface area is 117 Å². The van der Waals surface area contributed by atoms with E-state index >= 15 is 0 Å². The summed E-state index contributed by atoms with van der Waals surface area (Å²) in [5.74, 6) is -1.60. The zero-order valence-electron chi connectivity index (χ0n) is 10.9. The summed E-state index contributed by atoms with van der Waals surface area (Å²) in [6.45, 7) is 1.59. The predicted molar refractivity (Wildman–Crippen MR) is 67.0 cm³/mol. The number of benzene rings is 1. The normalized spacial score (nSPS) is 12.4. The minimum atomic E-state index is -4.79. The molecular formula is C12H13F3N2O4. The Bertz CT molecular complexity index is 502. The molecule has 0 aliphatic rings. The second-order valence-corrected chi connectivity index (χ2v) is 3.97. The Kier molecular flexibility index (Phi) is 5.39. The van der Waals surface area contributed by atoms with E-state index in [0.29, 0.717) is 0 Å². The fraction of sp³-hybridized carbons (Fsp3) is 0.333. The molecule has 0 radical (unpaired) electrons. The van der Waals surface area contributed by atoms with Crippen molar-refractivity contribution in [1.29, 1.82) is 0 Å². The summed E-state index contributed by atoms with van der Waals surface area (Å²) < 4.78 is 39.5. The molecule has 1 unspecified atom stereocenters. The van der Waals surface area contributed by atoms with Crippen molar-refractivity contribution in [2.45, 2.75) is 25.7 Å². The van der Waals surface area contributed by atoms with Crippen LogP contribution in [0.5, 0.6) is 5.75 Å². The third kappa shape index (κ3) is 6.02. The lowest BCUT2D eigenvalue weighted by atomic mass is 10.2. The first-order valence-electron chi connectivity index (χ1n) is 5.87. The lowest BCUT2D eigenvalue weighted by Gasteiger charge is -2.13. The van der Waals surface area contributed by atoms with Gasteiger partial charge in [0.1, 0.15) is 11.8 Å². The Morgan fingerprint density at radius 1 is 1.29 bits per heavy atom. The number of hydrogen-bond donors (Lipinski definition) is 3. The Morgan fingerprint density at radius 2 is 1.86 bits per heavy atom. The number of rotatable bonds is 5. The molecule has 2 amide bonds. The number of alkyl halides is 3. The maximum atomic E-state index is 12.0. The molecule has 6 nitrogen and oxygen atoms in total. The van der Waals surface area contributed by atoms with Crippen molar-refractivity contribution in [3.8, 4) is 5.75 Å². The van der Waals surface area contributed by atoms with Crippen LogP contribution in [0, 0.1) is 0 Å². The largest absolute Gasteiger partial charge is 0.573 e. The van der Waals surface area contributed by atoms with Crippen molar-refractivity contribution in [1.82, 2.24) is 5.32 Å². The number of carbonyl (C=O) groups excluding carboxylic acids is 1. The molecule has 21 heavy (non-hydrogen) atoms. The average molecular weight is 306 g/mol. The first-order valence-corrected chi connectivity index (χ1v) is 5.87. The zero-order valence-corrected chi connectivity index (χ0v) is 10.9. The number of aliphatic carboxylic acids is 1. The van der Waals surface area contributed by atoms with Gasteiger partial charge in [-0.2, -0.15) is 0 Å². The van der Waals surface area contributed by atoms with Crippen molar-refractivity contribution >= 4 is 17.7 Å². The molecule has 1 aromatic carbocycles. The van der Waals surface area contributed by atoms with E-state index in [1.165, 1.54) is 12.1 Å². The molecule has 1 rings (SSSR count). The molecule has 0 spiro atoms. The van der Waals surface area contributed by atoms with Crippen molar-refractivity contribution in [2.75, 3.05) is 5.32 Å². The van der Waals surface area contributed by atoms with Gasteiger partial charge in [-0.25, -0.2) is 9.59 Å². The van der Waals surface area contributed by atoms with E-state index in [1.54, 1.807) is 6.92 Å². The number of nitrogens with one attached hydrogen (secondary N) is 2. The Morgan fingerprint density at radius 3 is 2.29 bits per heavy atom. The molecule has 0 saturated heterocycles. The lowest BCUT2D eigenvalue weighted by molar-refractivity contribution is -0.274. The molecule has 9 heteroatoms. The first-order chi connectivity index (χ1) is 9.71. The summed E-state index contributed by atoms with van der Waals surface area (Å²) in [7, 11) is 0. The number of carboxylic acids is 1. The molecule has 0 aliphatic carbocycles. The van der Waals surface area contributed by atoms with Crippen LogP contribution in [0.3, 0.4) is 0 Å². The quantitative estimate of drug-likeness (QED) is 0.780. The lowest BCUT2D eigenvalue weighted by Crippen LogP contribution is -2.42. The van der Waals surface area contributed by atoms with Crippen LogP contribution in [0.2, 0.25) is 0 Å². The number of carbonyl (C=O) groups is 2. The van der Waals surface area contributed by atoms with E-state index in [1.807, 2.05) is 0 Å². The highest BCUT2D eigenvalue weighted by Gasteiger charge is 2.31. The Balaban J connectivity index is 2.59. The summed E-state index contributed by atoms with van der Waals surface area (Å²) in [6, 6.07) is 2.63. The monoisotopic (exact) mass is 306 g/mol. The van der Waals surface area contributed by atoms with Gasteiger partial charge < -0.3 is 20.5 Å². The molecule has 0 heterocycles. The van der Waals surface area contributed by atoms with Crippen LogP contribution in [0.25, 0.3) is 0 Å². The topological polar surface area (TPSA) is 87.7 Å². The third-order valence-corrected chi connectivity index (χ3v) is 2.36. The summed E-state index contributed by atoms with van der Waals surface area (Å²) in [4.78, 5) is 22.2. The Hall–Kier alpha value is -2.45. The number of amides is 2. The second kappa shape index (κ2) is 6.82. The second-order valence-electron chi connectivity index (χ2n) is 3.97. The fourth-order valence-electron chi connectivity index (χ4n) is 1.40. The number of anilines is 1. The summed E-state index contributed by atoms with van der Waals surface area (Å²) in [5, 5.41) is 13.3.